The minimum atomic E-state index is -0.789. The molecule has 0 fully saturated rings. The van der Waals surface area contributed by atoms with E-state index in [1.54, 1.807) is 0 Å². The van der Waals surface area contributed by atoms with E-state index in [0.29, 0.717) is 19.3 Å². The van der Waals surface area contributed by atoms with Gasteiger partial charge >= 0.3 is 17.9 Å². The van der Waals surface area contributed by atoms with Gasteiger partial charge in [-0.25, -0.2) is 0 Å². The molecule has 0 saturated carbocycles. The second-order valence-electron chi connectivity index (χ2n) is 14.9. The van der Waals surface area contributed by atoms with Gasteiger partial charge in [0.05, 0.1) is 0 Å². The van der Waals surface area contributed by atoms with Gasteiger partial charge in [0.2, 0.25) is 0 Å². The van der Waals surface area contributed by atoms with E-state index in [4.69, 9.17) is 14.2 Å². The van der Waals surface area contributed by atoms with Gasteiger partial charge in [-0.05, 0) is 89.9 Å². The van der Waals surface area contributed by atoms with Gasteiger partial charge < -0.3 is 14.2 Å². The van der Waals surface area contributed by atoms with Crippen molar-refractivity contribution >= 4 is 17.9 Å². The fourth-order valence-electron chi connectivity index (χ4n) is 6.04. The summed E-state index contributed by atoms with van der Waals surface area (Å²) in [6, 6.07) is 0. The average Bonchev–Trinajstić information content (AvgIpc) is 3.18. The molecule has 1 unspecified atom stereocenters. The first kappa shape index (κ1) is 52.1. The number of ether oxygens (including phenoxy) is 3. The van der Waals surface area contributed by atoms with Gasteiger partial charge in [0.15, 0.2) is 6.10 Å². The SMILES string of the molecule is CC/C=C\C/C=C\CCCCCCCCCC(=O)OCC(COC(=O)CCCCC/C=C\C=C/CCCC)OC(=O)CCCCCCC/C=C\CCCCC. The van der Waals surface area contributed by atoms with E-state index in [2.05, 4.69) is 81.5 Å². The fraction of sp³-hybridized carbons (Fsp3) is 0.735. The van der Waals surface area contributed by atoms with Crippen LogP contribution >= 0.6 is 0 Å². The van der Waals surface area contributed by atoms with Crippen molar-refractivity contribution in [2.24, 2.45) is 0 Å². The van der Waals surface area contributed by atoms with Crippen molar-refractivity contribution in [3.05, 3.63) is 60.8 Å². The smallest absolute Gasteiger partial charge is 0.306 e. The summed E-state index contributed by atoms with van der Waals surface area (Å²) < 4.78 is 16.7. The molecule has 6 nitrogen and oxygen atoms in total. The van der Waals surface area contributed by atoms with Gasteiger partial charge in [-0.2, -0.15) is 0 Å². The van der Waals surface area contributed by atoms with Gasteiger partial charge in [0, 0.05) is 19.3 Å². The van der Waals surface area contributed by atoms with Crippen LogP contribution in [0.15, 0.2) is 60.8 Å². The van der Waals surface area contributed by atoms with Gasteiger partial charge in [0.25, 0.3) is 0 Å². The molecule has 316 valence electrons. The summed E-state index contributed by atoms with van der Waals surface area (Å²) >= 11 is 0. The molecule has 55 heavy (non-hydrogen) atoms. The number of carbonyl (C=O) groups is 3. The Morgan fingerprint density at radius 2 is 0.782 bits per heavy atom. The monoisotopic (exact) mass is 769 g/mol. The number of rotatable bonds is 40. The molecule has 0 amide bonds. The maximum atomic E-state index is 12.7. The molecule has 0 spiro atoms. The van der Waals surface area contributed by atoms with Crippen molar-refractivity contribution in [3.63, 3.8) is 0 Å². The maximum Gasteiger partial charge on any atom is 0.306 e. The van der Waals surface area contributed by atoms with Crippen molar-refractivity contribution < 1.29 is 28.6 Å². The van der Waals surface area contributed by atoms with Crippen molar-refractivity contribution in [1.29, 1.82) is 0 Å². The number of hydrogen-bond acceptors (Lipinski definition) is 6. The van der Waals surface area contributed by atoms with Crippen LogP contribution in [-0.4, -0.2) is 37.2 Å². The molecule has 1 atom stereocenters. The summed E-state index contributed by atoms with van der Waals surface area (Å²) in [6.07, 6.45) is 52.0. The first-order chi connectivity index (χ1) is 27.0. The molecule has 0 aliphatic rings. The van der Waals surface area contributed by atoms with Crippen molar-refractivity contribution in [2.75, 3.05) is 13.2 Å². The zero-order valence-corrected chi connectivity index (χ0v) is 35.9. The normalized spacial score (nSPS) is 12.6. The molecule has 0 aromatic rings. The Balaban J connectivity index is 4.43. The Morgan fingerprint density at radius 3 is 1.29 bits per heavy atom. The van der Waals surface area contributed by atoms with E-state index in [-0.39, 0.29) is 31.1 Å². The number of allylic oxidation sites excluding steroid dienone is 10. The van der Waals surface area contributed by atoms with Crippen LogP contribution in [0.25, 0.3) is 0 Å². The predicted molar refractivity (Wildman–Crippen MR) is 233 cm³/mol. The summed E-state index contributed by atoms with van der Waals surface area (Å²) in [5.74, 6) is -0.941. The summed E-state index contributed by atoms with van der Waals surface area (Å²) in [5, 5.41) is 0. The lowest BCUT2D eigenvalue weighted by molar-refractivity contribution is -0.167. The fourth-order valence-corrected chi connectivity index (χ4v) is 6.04. The van der Waals surface area contributed by atoms with Crippen LogP contribution in [-0.2, 0) is 28.6 Å². The molecule has 0 N–H and O–H groups in total. The molecule has 0 heterocycles. The molecule has 0 aliphatic heterocycles. The molecule has 0 aliphatic carbocycles. The van der Waals surface area contributed by atoms with Gasteiger partial charge in [0.1, 0.15) is 13.2 Å². The number of carbonyl (C=O) groups excluding carboxylic acids is 3. The Kier molecular flexibility index (Phi) is 41.5. The van der Waals surface area contributed by atoms with Crippen molar-refractivity contribution in [2.45, 2.75) is 219 Å². The zero-order valence-electron chi connectivity index (χ0n) is 35.9. The quantitative estimate of drug-likeness (QED) is 0.0203. The summed E-state index contributed by atoms with van der Waals surface area (Å²) in [4.78, 5) is 37.7. The van der Waals surface area contributed by atoms with Crippen LogP contribution in [0.5, 0.6) is 0 Å². The third-order valence-corrected chi connectivity index (χ3v) is 9.50. The molecular formula is C49H84O6. The minimum absolute atomic E-state index is 0.0909. The Hall–Kier alpha value is -2.89. The topological polar surface area (TPSA) is 78.9 Å². The Morgan fingerprint density at radius 1 is 0.400 bits per heavy atom. The van der Waals surface area contributed by atoms with E-state index < -0.39 is 6.10 Å². The van der Waals surface area contributed by atoms with E-state index in [9.17, 15) is 14.4 Å². The third-order valence-electron chi connectivity index (χ3n) is 9.50. The van der Waals surface area contributed by atoms with E-state index in [1.807, 2.05) is 0 Å². The summed E-state index contributed by atoms with van der Waals surface area (Å²) in [5.41, 5.74) is 0. The van der Waals surface area contributed by atoms with Crippen LogP contribution in [0, 0.1) is 0 Å². The van der Waals surface area contributed by atoms with Crippen LogP contribution in [0.1, 0.15) is 213 Å². The highest BCUT2D eigenvalue weighted by molar-refractivity contribution is 5.71. The van der Waals surface area contributed by atoms with Crippen molar-refractivity contribution in [1.82, 2.24) is 0 Å². The van der Waals surface area contributed by atoms with Crippen LogP contribution in [0.4, 0.5) is 0 Å². The number of esters is 3. The summed E-state index contributed by atoms with van der Waals surface area (Å²) in [6.45, 7) is 6.40. The molecule has 0 rings (SSSR count). The predicted octanol–water partition coefficient (Wildman–Crippen LogP) is 14.5. The standard InChI is InChI=1S/C49H84O6/c1-4-7-10-13-16-19-22-24-25-28-30-33-36-39-42-48(51)54-45-46(44-53-47(50)41-38-35-32-29-26-21-18-15-12-9-6-3)55-49(52)43-40-37-34-31-27-23-20-17-14-11-8-5-2/h7,10,15-21,26,46H,4-6,8-9,11-14,22-25,27-45H2,1-3H3/b10-7-,18-15-,19-16-,20-17-,26-21-. The lowest BCUT2D eigenvalue weighted by Gasteiger charge is -2.18. The largest absolute Gasteiger partial charge is 0.462 e. The molecule has 0 saturated heterocycles. The average molecular weight is 769 g/mol. The first-order valence-corrected chi connectivity index (χ1v) is 22.8. The molecule has 0 aromatic carbocycles. The lowest BCUT2D eigenvalue weighted by Crippen LogP contribution is -2.30. The molecule has 0 aromatic heterocycles. The van der Waals surface area contributed by atoms with Gasteiger partial charge in [-0.1, -0.05) is 165 Å². The van der Waals surface area contributed by atoms with E-state index in [1.165, 1.54) is 70.6 Å². The Labute approximate surface area is 339 Å². The maximum absolute atomic E-state index is 12.7. The third kappa shape index (κ3) is 42.1. The molecule has 0 bridgehead atoms. The Bertz CT molecular complexity index is 1020. The minimum Gasteiger partial charge on any atom is -0.462 e. The van der Waals surface area contributed by atoms with Gasteiger partial charge in [-0.3, -0.25) is 14.4 Å². The van der Waals surface area contributed by atoms with Crippen molar-refractivity contribution in [3.8, 4) is 0 Å². The van der Waals surface area contributed by atoms with E-state index >= 15 is 0 Å². The highest BCUT2D eigenvalue weighted by Gasteiger charge is 2.19. The van der Waals surface area contributed by atoms with Crippen LogP contribution in [0.3, 0.4) is 0 Å². The van der Waals surface area contributed by atoms with Crippen LogP contribution < -0.4 is 0 Å². The molecular weight excluding hydrogens is 685 g/mol. The zero-order chi connectivity index (χ0) is 40.1. The van der Waals surface area contributed by atoms with Gasteiger partial charge in [-0.15, -0.1) is 0 Å². The number of hydrogen-bond donors (Lipinski definition) is 0. The second-order valence-corrected chi connectivity index (χ2v) is 14.9. The number of unbranched alkanes of at least 4 members (excludes halogenated alkanes) is 20. The first-order valence-electron chi connectivity index (χ1n) is 22.8. The summed E-state index contributed by atoms with van der Waals surface area (Å²) in [7, 11) is 0. The second kappa shape index (κ2) is 43.8. The highest BCUT2D eigenvalue weighted by atomic mass is 16.6. The van der Waals surface area contributed by atoms with Crippen LogP contribution in [0.2, 0.25) is 0 Å². The molecule has 0 radical (unpaired) electrons. The lowest BCUT2D eigenvalue weighted by atomic mass is 10.1. The highest BCUT2D eigenvalue weighted by Crippen LogP contribution is 2.13. The molecule has 6 heteroatoms. The van der Waals surface area contributed by atoms with E-state index in [0.717, 1.165) is 103 Å².